The largest absolute Gasteiger partial charge is 0.469 e. The molecule has 2 atom stereocenters. The number of anilines is 1. The van der Waals surface area contributed by atoms with Gasteiger partial charge < -0.3 is 10.1 Å². The van der Waals surface area contributed by atoms with Gasteiger partial charge in [0.05, 0.1) is 24.9 Å². The number of nitrogens with one attached hydrogen (secondary N) is 1. The van der Waals surface area contributed by atoms with Crippen molar-refractivity contribution in [2.24, 2.45) is 5.92 Å². The van der Waals surface area contributed by atoms with Gasteiger partial charge in [-0.25, -0.2) is 9.50 Å². The minimum absolute atomic E-state index is 0.00581. The second kappa shape index (κ2) is 6.20. The van der Waals surface area contributed by atoms with E-state index in [4.69, 9.17) is 4.74 Å². The topological polar surface area (TPSA) is 81.4 Å². The van der Waals surface area contributed by atoms with Crippen molar-refractivity contribution in [3.05, 3.63) is 30.7 Å². The van der Waals surface area contributed by atoms with Crippen LogP contribution in [0.25, 0.3) is 16.2 Å². The number of fused-ring (bicyclic) bond motifs is 1. The Morgan fingerprint density at radius 3 is 3.12 bits per heavy atom. The maximum Gasteiger partial charge on any atom is 0.308 e. The Bertz CT molecular complexity index is 828. The van der Waals surface area contributed by atoms with E-state index in [9.17, 15) is 4.79 Å². The molecule has 0 saturated heterocycles. The van der Waals surface area contributed by atoms with E-state index >= 15 is 0 Å². The van der Waals surface area contributed by atoms with E-state index in [2.05, 4.69) is 20.4 Å². The smallest absolute Gasteiger partial charge is 0.308 e. The van der Waals surface area contributed by atoms with Gasteiger partial charge in [0.15, 0.2) is 0 Å². The Hall–Kier alpha value is -2.48. The predicted molar refractivity (Wildman–Crippen MR) is 90.9 cm³/mol. The van der Waals surface area contributed by atoms with Crippen LogP contribution in [-0.4, -0.2) is 38.7 Å². The van der Waals surface area contributed by atoms with Gasteiger partial charge in [-0.3, -0.25) is 9.78 Å². The molecule has 0 unspecified atom stereocenters. The van der Waals surface area contributed by atoms with Crippen molar-refractivity contribution in [3.63, 3.8) is 0 Å². The van der Waals surface area contributed by atoms with Crippen molar-refractivity contribution < 1.29 is 9.53 Å². The summed E-state index contributed by atoms with van der Waals surface area (Å²) in [6.45, 7) is 0. The second-order valence-corrected chi connectivity index (χ2v) is 6.83. The quantitative estimate of drug-likeness (QED) is 0.733. The molecule has 1 aliphatic rings. The fourth-order valence-electron chi connectivity index (χ4n) is 3.08. The lowest BCUT2D eigenvalue weighted by atomic mass is 10.1. The van der Waals surface area contributed by atoms with E-state index in [1.54, 1.807) is 16.9 Å². The number of aromatic nitrogens is 4. The molecule has 4 rings (SSSR count). The summed E-state index contributed by atoms with van der Waals surface area (Å²) in [7, 11) is 1.44. The number of carbonyl (C=O) groups excluding carboxylic acids is 1. The monoisotopic (exact) mass is 343 g/mol. The minimum atomic E-state index is -0.116. The fraction of sp³-hybridized carbons (Fsp3) is 0.375. The summed E-state index contributed by atoms with van der Waals surface area (Å²) in [6, 6.07) is 4.12. The third-order valence-electron chi connectivity index (χ3n) is 4.30. The first-order valence-corrected chi connectivity index (χ1v) is 8.65. The van der Waals surface area contributed by atoms with Gasteiger partial charge in [0.1, 0.15) is 0 Å². The van der Waals surface area contributed by atoms with E-state index in [0.29, 0.717) is 0 Å². The summed E-state index contributed by atoms with van der Waals surface area (Å²) in [5.41, 5.74) is 1.83. The predicted octanol–water partition coefficient (Wildman–Crippen LogP) is 2.61. The van der Waals surface area contributed by atoms with Gasteiger partial charge in [-0.05, 0) is 31.4 Å². The lowest BCUT2D eigenvalue weighted by Gasteiger charge is -2.10. The first-order valence-electron chi connectivity index (χ1n) is 7.84. The van der Waals surface area contributed by atoms with Gasteiger partial charge in [0.2, 0.25) is 10.1 Å². The summed E-state index contributed by atoms with van der Waals surface area (Å²) in [4.78, 5) is 21.1. The highest BCUT2D eigenvalue weighted by Crippen LogP contribution is 2.31. The zero-order valence-electron chi connectivity index (χ0n) is 13.2. The average Bonchev–Trinajstić information content (AvgIpc) is 3.30. The highest BCUT2D eigenvalue weighted by atomic mass is 32.1. The maximum atomic E-state index is 11.6. The number of methoxy groups -OCH3 is 1. The molecule has 8 heteroatoms. The van der Waals surface area contributed by atoms with Crippen LogP contribution in [0.5, 0.6) is 0 Å². The van der Waals surface area contributed by atoms with Crippen LogP contribution in [0.3, 0.4) is 0 Å². The van der Waals surface area contributed by atoms with Crippen LogP contribution in [0.1, 0.15) is 19.3 Å². The van der Waals surface area contributed by atoms with E-state index in [-0.39, 0.29) is 17.9 Å². The molecular formula is C16H17N5O2S. The van der Waals surface area contributed by atoms with Gasteiger partial charge in [-0.15, -0.1) is 5.10 Å². The number of esters is 1. The van der Waals surface area contributed by atoms with E-state index in [1.807, 2.05) is 18.3 Å². The molecule has 0 aliphatic heterocycles. The number of nitrogens with zero attached hydrogens (tertiary/aromatic N) is 4. The number of pyridine rings is 1. The minimum Gasteiger partial charge on any atom is -0.469 e. The summed E-state index contributed by atoms with van der Waals surface area (Å²) >= 11 is 1.51. The number of hydrogen-bond donors (Lipinski definition) is 1. The summed E-state index contributed by atoms with van der Waals surface area (Å²) in [5.74, 6) is -0.122. The number of ether oxygens (including phenoxy) is 1. The average molecular weight is 343 g/mol. The van der Waals surface area contributed by atoms with Crippen LogP contribution in [0.15, 0.2) is 30.7 Å². The lowest BCUT2D eigenvalue weighted by molar-refractivity contribution is -0.145. The van der Waals surface area contributed by atoms with Crippen molar-refractivity contribution >= 4 is 27.4 Å². The Morgan fingerprint density at radius 1 is 1.46 bits per heavy atom. The molecule has 0 radical (unpaired) electrons. The number of rotatable bonds is 4. The fourth-order valence-corrected chi connectivity index (χ4v) is 3.94. The van der Waals surface area contributed by atoms with Crippen molar-refractivity contribution in [2.45, 2.75) is 25.3 Å². The van der Waals surface area contributed by atoms with Crippen LogP contribution in [0.4, 0.5) is 5.13 Å². The van der Waals surface area contributed by atoms with E-state index in [1.165, 1.54) is 18.4 Å². The first-order chi connectivity index (χ1) is 11.7. The molecule has 3 heterocycles. The summed E-state index contributed by atoms with van der Waals surface area (Å²) < 4.78 is 6.60. The number of hydrogen-bond acceptors (Lipinski definition) is 7. The van der Waals surface area contributed by atoms with Crippen LogP contribution in [0.2, 0.25) is 0 Å². The van der Waals surface area contributed by atoms with Gasteiger partial charge >= 0.3 is 5.97 Å². The number of carbonyl (C=O) groups is 1. The maximum absolute atomic E-state index is 11.6. The Kier molecular flexibility index (Phi) is 3.89. The number of imidazole rings is 1. The lowest BCUT2D eigenvalue weighted by Crippen LogP contribution is -2.18. The zero-order chi connectivity index (χ0) is 16.5. The molecule has 1 aliphatic carbocycles. The molecule has 0 spiro atoms. The molecule has 1 fully saturated rings. The zero-order valence-corrected chi connectivity index (χ0v) is 14.0. The second-order valence-electron chi connectivity index (χ2n) is 5.88. The molecule has 3 aromatic rings. The molecular weight excluding hydrogens is 326 g/mol. The van der Waals surface area contributed by atoms with Gasteiger partial charge in [-0.1, -0.05) is 11.3 Å². The van der Waals surface area contributed by atoms with E-state index < -0.39 is 0 Å². The highest BCUT2D eigenvalue weighted by Gasteiger charge is 2.31. The van der Waals surface area contributed by atoms with Crippen LogP contribution in [-0.2, 0) is 9.53 Å². The summed E-state index contributed by atoms with van der Waals surface area (Å²) in [6.07, 6.45) is 8.03. The van der Waals surface area contributed by atoms with Crippen molar-refractivity contribution in [3.8, 4) is 11.3 Å². The first kappa shape index (κ1) is 15.1. The third-order valence-corrected chi connectivity index (χ3v) is 5.15. The normalized spacial score (nSPS) is 20.4. The molecule has 3 aromatic heterocycles. The van der Waals surface area contributed by atoms with Crippen molar-refractivity contribution in [1.29, 1.82) is 0 Å². The molecule has 0 bridgehead atoms. The van der Waals surface area contributed by atoms with Crippen LogP contribution >= 0.6 is 11.3 Å². The van der Waals surface area contributed by atoms with Gasteiger partial charge in [-0.2, -0.15) is 0 Å². The van der Waals surface area contributed by atoms with E-state index in [0.717, 1.165) is 40.6 Å². The SMILES string of the molecule is COC(=O)[C@H]1CC[C@@H](Nc2nn3cc(-c4cccnc4)nc3s2)C1. The Morgan fingerprint density at radius 2 is 2.38 bits per heavy atom. The molecule has 124 valence electrons. The third kappa shape index (κ3) is 2.84. The molecule has 24 heavy (non-hydrogen) atoms. The standard InChI is InChI=1S/C16H17N5O2S/c1-23-14(22)10-4-5-12(7-10)18-15-20-21-9-13(19-16(21)24-15)11-3-2-6-17-8-11/h2-3,6,8-10,12H,4-5,7H2,1H3,(H,18,20)/t10-,12+/m0/s1. The molecule has 0 aromatic carbocycles. The Labute approximate surface area is 142 Å². The Balaban J connectivity index is 1.47. The highest BCUT2D eigenvalue weighted by molar-refractivity contribution is 7.20. The van der Waals surface area contributed by atoms with Gasteiger partial charge in [0.25, 0.3) is 0 Å². The molecule has 0 amide bonds. The van der Waals surface area contributed by atoms with Crippen LogP contribution in [0, 0.1) is 5.92 Å². The van der Waals surface area contributed by atoms with Crippen molar-refractivity contribution in [2.75, 3.05) is 12.4 Å². The summed E-state index contributed by atoms with van der Waals surface area (Å²) in [5, 5.41) is 8.77. The molecule has 1 N–H and O–H groups in total. The van der Waals surface area contributed by atoms with Crippen LogP contribution < -0.4 is 5.32 Å². The van der Waals surface area contributed by atoms with Gasteiger partial charge in [0, 0.05) is 24.0 Å². The van der Waals surface area contributed by atoms with Crippen molar-refractivity contribution in [1.82, 2.24) is 19.6 Å². The molecule has 1 saturated carbocycles. The molecule has 7 nitrogen and oxygen atoms in total.